The molecule has 1 fully saturated rings. The molecule has 1 aliphatic heterocycles. The van der Waals surface area contributed by atoms with Crippen LogP contribution >= 0.6 is 34.5 Å². The van der Waals surface area contributed by atoms with Crippen molar-refractivity contribution in [1.29, 1.82) is 0 Å². The summed E-state index contributed by atoms with van der Waals surface area (Å²) in [5, 5.41) is 6.32. The minimum atomic E-state index is 0.0187. The van der Waals surface area contributed by atoms with Gasteiger partial charge in [-0.2, -0.15) is 0 Å². The number of amides is 1. The maximum Gasteiger partial charge on any atom is 0.224 e. The lowest BCUT2D eigenvalue weighted by molar-refractivity contribution is -0.120. The Hall–Kier alpha value is -1.07. The third kappa shape index (κ3) is 5.71. The highest BCUT2D eigenvalue weighted by atomic mass is 35.5. The molecule has 0 aliphatic carbocycles. The number of benzene rings is 1. The number of thiophene rings is 1. The molecule has 0 unspecified atom stereocenters. The molecule has 2 aromatic rings. The second-order valence-corrected chi connectivity index (χ2v) is 8.39. The van der Waals surface area contributed by atoms with Crippen molar-refractivity contribution < 1.29 is 4.79 Å². The molecule has 1 aromatic heterocycles. The number of nitrogens with one attached hydrogen (secondary N) is 1. The second kappa shape index (κ2) is 9.04. The van der Waals surface area contributed by atoms with Crippen LogP contribution in [0, 0.1) is 5.92 Å². The summed E-state index contributed by atoms with van der Waals surface area (Å²) >= 11 is 13.8. The Morgan fingerprint density at radius 1 is 1.24 bits per heavy atom. The van der Waals surface area contributed by atoms with Gasteiger partial charge in [-0.3, -0.25) is 9.69 Å². The van der Waals surface area contributed by atoms with Gasteiger partial charge in [0, 0.05) is 28.0 Å². The molecule has 2 heterocycles. The molecule has 6 heteroatoms. The molecule has 1 aromatic carbocycles. The Morgan fingerprint density at radius 3 is 2.72 bits per heavy atom. The zero-order valence-electron chi connectivity index (χ0n) is 14.0. The van der Waals surface area contributed by atoms with Crippen molar-refractivity contribution in [2.24, 2.45) is 5.92 Å². The molecule has 0 bridgehead atoms. The van der Waals surface area contributed by atoms with Gasteiger partial charge in [0.15, 0.2) is 0 Å². The highest BCUT2D eigenvalue weighted by Crippen LogP contribution is 2.22. The van der Waals surface area contributed by atoms with Gasteiger partial charge in [-0.25, -0.2) is 0 Å². The zero-order valence-corrected chi connectivity index (χ0v) is 16.3. The van der Waals surface area contributed by atoms with E-state index in [4.69, 9.17) is 23.2 Å². The quantitative estimate of drug-likeness (QED) is 0.771. The average molecular weight is 397 g/mol. The van der Waals surface area contributed by atoms with E-state index in [1.165, 1.54) is 4.88 Å². The number of carbonyl (C=O) groups excluding carboxylic acids is 1. The van der Waals surface area contributed by atoms with E-state index < -0.39 is 0 Å². The number of hydrogen-bond donors (Lipinski definition) is 1. The first-order valence-corrected chi connectivity index (χ1v) is 10.2. The van der Waals surface area contributed by atoms with Crippen LogP contribution in [0.2, 0.25) is 10.0 Å². The number of nitrogens with zero attached hydrogens (tertiary/aromatic N) is 1. The van der Waals surface area contributed by atoms with E-state index in [-0.39, 0.29) is 5.91 Å². The Labute approximate surface area is 162 Å². The van der Waals surface area contributed by atoms with E-state index in [1.54, 1.807) is 12.1 Å². The minimum absolute atomic E-state index is 0.0187. The fourth-order valence-corrected chi connectivity index (χ4v) is 4.35. The lowest BCUT2D eigenvalue weighted by Gasteiger charge is -2.31. The predicted octanol–water partition coefficient (Wildman–Crippen LogP) is 4.63. The molecule has 0 saturated carbocycles. The van der Waals surface area contributed by atoms with Crippen molar-refractivity contribution in [1.82, 2.24) is 10.2 Å². The van der Waals surface area contributed by atoms with Crippen LogP contribution in [0.15, 0.2) is 35.7 Å². The third-order valence-corrected chi connectivity index (χ3v) is 6.07. The molecule has 3 nitrogen and oxygen atoms in total. The van der Waals surface area contributed by atoms with Gasteiger partial charge >= 0.3 is 0 Å². The molecule has 3 rings (SSSR count). The standard InChI is InChI=1S/C19H22Cl2N2OS/c20-16-4-3-15(18(21)11-16)10-19(24)22-12-14-5-7-23(8-6-14)13-17-2-1-9-25-17/h1-4,9,11,14H,5-8,10,12-13H2,(H,22,24). The molecule has 1 aliphatic rings. The molecule has 0 radical (unpaired) electrons. The van der Waals surface area contributed by atoms with Crippen LogP contribution in [-0.2, 0) is 17.8 Å². The van der Waals surface area contributed by atoms with E-state index in [1.807, 2.05) is 17.4 Å². The monoisotopic (exact) mass is 396 g/mol. The highest BCUT2D eigenvalue weighted by Gasteiger charge is 2.20. The third-order valence-electron chi connectivity index (χ3n) is 4.62. The summed E-state index contributed by atoms with van der Waals surface area (Å²) in [6.07, 6.45) is 2.56. The lowest BCUT2D eigenvalue weighted by atomic mass is 9.96. The van der Waals surface area contributed by atoms with E-state index in [9.17, 15) is 4.79 Å². The smallest absolute Gasteiger partial charge is 0.224 e. The summed E-state index contributed by atoms with van der Waals surface area (Å²) in [6, 6.07) is 9.55. The van der Waals surface area contributed by atoms with Crippen LogP contribution in [0.1, 0.15) is 23.3 Å². The van der Waals surface area contributed by atoms with Crippen molar-refractivity contribution in [2.45, 2.75) is 25.8 Å². The number of hydrogen-bond acceptors (Lipinski definition) is 3. The number of halogens is 2. The topological polar surface area (TPSA) is 32.3 Å². The van der Waals surface area contributed by atoms with Crippen molar-refractivity contribution >= 4 is 40.4 Å². The van der Waals surface area contributed by atoms with Crippen LogP contribution in [0.3, 0.4) is 0 Å². The molecule has 1 N–H and O–H groups in total. The molecule has 1 saturated heterocycles. The van der Waals surface area contributed by atoms with Gasteiger partial charge in [0.2, 0.25) is 5.91 Å². The lowest BCUT2D eigenvalue weighted by Crippen LogP contribution is -2.38. The fraction of sp³-hybridized carbons (Fsp3) is 0.421. The van der Waals surface area contributed by atoms with Gasteiger partial charge in [0.25, 0.3) is 0 Å². The summed E-state index contributed by atoms with van der Waals surface area (Å²) in [5.74, 6) is 0.578. The SMILES string of the molecule is O=C(Cc1ccc(Cl)cc1Cl)NCC1CCN(Cc2cccs2)CC1. The van der Waals surface area contributed by atoms with Gasteiger partial charge in [-0.15, -0.1) is 11.3 Å². The Balaban J connectivity index is 1.38. The summed E-state index contributed by atoms with van der Waals surface area (Å²) in [5.41, 5.74) is 0.814. The number of carbonyl (C=O) groups is 1. The van der Waals surface area contributed by atoms with E-state index >= 15 is 0 Å². The molecule has 1 amide bonds. The maximum atomic E-state index is 12.2. The second-order valence-electron chi connectivity index (χ2n) is 6.52. The van der Waals surface area contributed by atoms with Crippen molar-refractivity contribution in [3.05, 3.63) is 56.2 Å². The maximum absolute atomic E-state index is 12.2. The zero-order chi connectivity index (χ0) is 17.6. The van der Waals surface area contributed by atoms with Gasteiger partial charge in [-0.05, 0) is 61.0 Å². The number of piperidine rings is 1. The van der Waals surface area contributed by atoms with Crippen LogP contribution in [0.4, 0.5) is 0 Å². The first-order chi connectivity index (χ1) is 12.1. The minimum Gasteiger partial charge on any atom is -0.356 e. The first-order valence-electron chi connectivity index (χ1n) is 8.55. The summed E-state index contributed by atoms with van der Waals surface area (Å²) in [4.78, 5) is 16.1. The summed E-state index contributed by atoms with van der Waals surface area (Å²) in [6.45, 7) is 3.99. The van der Waals surface area contributed by atoms with Crippen LogP contribution in [0.5, 0.6) is 0 Å². The van der Waals surface area contributed by atoms with Crippen LogP contribution in [-0.4, -0.2) is 30.4 Å². The average Bonchev–Trinajstić information content (AvgIpc) is 3.10. The fourth-order valence-electron chi connectivity index (χ4n) is 3.13. The molecule has 134 valence electrons. The van der Waals surface area contributed by atoms with Gasteiger partial charge in [-0.1, -0.05) is 35.3 Å². The van der Waals surface area contributed by atoms with Crippen LogP contribution < -0.4 is 5.32 Å². The van der Waals surface area contributed by atoms with Crippen LogP contribution in [0.25, 0.3) is 0 Å². The summed E-state index contributed by atoms with van der Waals surface area (Å²) in [7, 11) is 0. The largest absolute Gasteiger partial charge is 0.356 e. The summed E-state index contributed by atoms with van der Waals surface area (Å²) < 4.78 is 0. The van der Waals surface area contributed by atoms with E-state index in [0.717, 1.165) is 44.6 Å². The highest BCUT2D eigenvalue weighted by molar-refractivity contribution is 7.09. The van der Waals surface area contributed by atoms with Gasteiger partial charge < -0.3 is 5.32 Å². The van der Waals surface area contributed by atoms with Crippen molar-refractivity contribution in [3.8, 4) is 0 Å². The molecular formula is C19H22Cl2N2OS. The molecule has 25 heavy (non-hydrogen) atoms. The Morgan fingerprint density at radius 2 is 2.04 bits per heavy atom. The number of rotatable bonds is 6. The van der Waals surface area contributed by atoms with E-state index in [2.05, 4.69) is 27.7 Å². The van der Waals surface area contributed by atoms with Crippen molar-refractivity contribution in [2.75, 3.05) is 19.6 Å². The predicted molar refractivity (Wildman–Crippen MR) is 105 cm³/mol. The van der Waals surface area contributed by atoms with E-state index in [0.29, 0.717) is 22.4 Å². The van der Waals surface area contributed by atoms with Gasteiger partial charge in [0.1, 0.15) is 0 Å². The molecular weight excluding hydrogens is 375 g/mol. The Bertz CT molecular complexity index is 697. The first kappa shape index (κ1) is 18.7. The normalized spacial score (nSPS) is 16.1. The molecule has 0 spiro atoms. The molecule has 0 atom stereocenters. The number of likely N-dealkylation sites (tertiary alicyclic amines) is 1. The van der Waals surface area contributed by atoms with Gasteiger partial charge in [0.05, 0.1) is 6.42 Å². The van der Waals surface area contributed by atoms with Crippen molar-refractivity contribution in [3.63, 3.8) is 0 Å². The Kier molecular flexibility index (Phi) is 6.77.